The van der Waals surface area contributed by atoms with Crippen molar-refractivity contribution in [2.45, 2.75) is 25.3 Å². The van der Waals surface area contributed by atoms with Crippen LogP contribution in [0.15, 0.2) is 47.3 Å². The van der Waals surface area contributed by atoms with Crippen molar-refractivity contribution >= 4 is 11.3 Å². The molecule has 4 rings (SSSR count). The molecule has 0 N–H and O–H groups in total. The van der Waals surface area contributed by atoms with E-state index in [1.807, 2.05) is 23.3 Å². The summed E-state index contributed by atoms with van der Waals surface area (Å²) in [6.45, 7) is 3.24. The number of rotatable bonds is 4. The van der Waals surface area contributed by atoms with Crippen molar-refractivity contribution in [3.05, 3.63) is 58.7 Å². The van der Waals surface area contributed by atoms with Gasteiger partial charge in [-0.3, -0.25) is 9.58 Å². The molecule has 0 atom stereocenters. The molecule has 0 amide bonds. The van der Waals surface area contributed by atoms with E-state index in [1.54, 1.807) is 11.3 Å². The van der Waals surface area contributed by atoms with Gasteiger partial charge in [-0.25, -0.2) is 4.98 Å². The average Bonchev–Trinajstić information content (AvgIpc) is 3.27. The number of nitrogens with zero attached hydrogens (tertiary/aromatic N) is 4. The van der Waals surface area contributed by atoms with Crippen molar-refractivity contribution in [3.63, 3.8) is 0 Å². The van der Waals surface area contributed by atoms with Gasteiger partial charge in [0.05, 0.1) is 22.6 Å². The highest BCUT2D eigenvalue weighted by molar-refractivity contribution is 7.07. The minimum atomic E-state index is 0.638. The Bertz CT molecular complexity index is 771. The van der Waals surface area contributed by atoms with Crippen molar-refractivity contribution in [1.29, 1.82) is 0 Å². The quantitative estimate of drug-likeness (QED) is 0.723. The Morgan fingerprint density at radius 2 is 1.96 bits per heavy atom. The maximum Gasteiger partial charge on any atom is 0.0926 e. The van der Waals surface area contributed by atoms with E-state index in [-0.39, 0.29) is 0 Å². The topological polar surface area (TPSA) is 34.0 Å². The Kier molecular flexibility index (Phi) is 4.45. The average molecular weight is 338 g/mol. The molecule has 0 spiro atoms. The van der Waals surface area contributed by atoms with E-state index in [1.165, 1.54) is 29.8 Å². The summed E-state index contributed by atoms with van der Waals surface area (Å²) in [6, 6.07) is 12.6. The van der Waals surface area contributed by atoms with Gasteiger partial charge in [-0.05, 0) is 32.0 Å². The summed E-state index contributed by atoms with van der Waals surface area (Å²) in [5.74, 6) is 0.638. The fourth-order valence-electron chi connectivity index (χ4n) is 3.44. The van der Waals surface area contributed by atoms with Crippen molar-refractivity contribution < 1.29 is 0 Å². The van der Waals surface area contributed by atoms with Crippen LogP contribution in [0.3, 0.4) is 0 Å². The van der Waals surface area contributed by atoms with Crippen LogP contribution in [0, 0.1) is 0 Å². The normalized spacial score (nSPS) is 16.5. The lowest BCUT2D eigenvalue weighted by atomic mass is 9.94. The fraction of sp³-hybridized carbons (Fsp3) is 0.368. The number of piperidine rings is 1. The minimum Gasteiger partial charge on any atom is -0.297 e. The van der Waals surface area contributed by atoms with Crippen LogP contribution in [-0.4, -0.2) is 32.8 Å². The number of hydrogen-bond acceptors (Lipinski definition) is 4. The summed E-state index contributed by atoms with van der Waals surface area (Å²) in [6.07, 6.45) is 2.40. The lowest BCUT2D eigenvalue weighted by Crippen LogP contribution is -2.33. The predicted octanol–water partition coefficient (Wildman–Crippen LogP) is 3.92. The number of hydrogen-bond donors (Lipinski definition) is 0. The zero-order valence-corrected chi connectivity index (χ0v) is 14.7. The second-order valence-electron chi connectivity index (χ2n) is 6.47. The number of thiazole rings is 1. The van der Waals surface area contributed by atoms with Crippen LogP contribution in [0.4, 0.5) is 0 Å². The van der Waals surface area contributed by atoms with Crippen LogP contribution in [0.5, 0.6) is 0 Å². The van der Waals surface area contributed by atoms with E-state index in [9.17, 15) is 0 Å². The van der Waals surface area contributed by atoms with E-state index in [2.05, 4.69) is 50.7 Å². The monoisotopic (exact) mass is 338 g/mol. The predicted molar refractivity (Wildman–Crippen MR) is 98.0 cm³/mol. The molecule has 1 aliphatic rings. The van der Waals surface area contributed by atoms with E-state index < -0.39 is 0 Å². The van der Waals surface area contributed by atoms with Gasteiger partial charge in [0.1, 0.15) is 0 Å². The van der Waals surface area contributed by atoms with Crippen molar-refractivity contribution in [1.82, 2.24) is 19.7 Å². The molecule has 1 aliphatic heterocycles. The molecule has 1 fully saturated rings. The van der Waals surface area contributed by atoms with Crippen LogP contribution in [0.2, 0.25) is 0 Å². The number of benzene rings is 1. The molecule has 0 unspecified atom stereocenters. The number of aromatic nitrogens is 3. The molecule has 1 saturated heterocycles. The molecule has 5 heteroatoms. The Balaban J connectivity index is 1.41. The molecule has 0 radical (unpaired) electrons. The molecular weight excluding hydrogens is 316 g/mol. The highest BCUT2D eigenvalue weighted by Gasteiger charge is 2.22. The summed E-state index contributed by atoms with van der Waals surface area (Å²) < 4.78 is 2.02. The zero-order chi connectivity index (χ0) is 16.4. The van der Waals surface area contributed by atoms with E-state index in [4.69, 9.17) is 0 Å². The van der Waals surface area contributed by atoms with Crippen LogP contribution >= 0.6 is 11.3 Å². The molecule has 1 aromatic carbocycles. The largest absolute Gasteiger partial charge is 0.297 e. The molecule has 24 heavy (non-hydrogen) atoms. The third-order valence-electron chi connectivity index (χ3n) is 4.89. The summed E-state index contributed by atoms with van der Waals surface area (Å²) in [5, 5.41) is 6.89. The van der Waals surface area contributed by atoms with Gasteiger partial charge < -0.3 is 0 Å². The smallest absolute Gasteiger partial charge is 0.0926 e. The van der Waals surface area contributed by atoms with Gasteiger partial charge in [0.2, 0.25) is 0 Å². The SMILES string of the molecule is Cn1nc(-c2ccccc2)cc1CN1CCC(c2cscn2)CC1. The van der Waals surface area contributed by atoms with Gasteiger partial charge in [0.15, 0.2) is 0 Å². The molecular formula is C19H22N4S. The first-order valence-corrected chi connectivity index (χ1v) is 9.42. The van der Waals surface area contributed by atoms with E-state index in [0.29, 0.717) is 5.92 Å². The van der Waals surface area contributed by atoms with Crippen LogP contribution in [0.1, 0.15) is 30.1 Å². The molecule has 0 bridgehead atoms. The third kappa shape index (κ3) is 3.28. The summed E-state index contributed by atoms with van der Waals surface area (Å²) in [7, 11) is 2.05. The lowest BCUT2D eigenvalue weighted by molar-refractivity contribution is 0.199. The summed E-state index contributed by atoms with van der Waals surface area (Å²) >= 11 is 1.70. The Labute approximate surface area is 146 Å². The first kappa shape index (κ1) is 15.5. The lowest BCUT2D eigenvalue weighted by Gasteiger charge is -2.31. The Hall–Kier alpha value is -1.98. The molecule has 124 valence electrons. The minimum absolute atomic E-state index is 0.638. The molecule has 4 nitrogen and oxygen atoms in total. The van der Waals surface area contributed by atoms with Gasteiger partial charge in [0.25, 0.3) is 0 Å². The maximum absolute atomic E-state index is 4.68. The standard InChI is InChI=1S/C19H22N4S/c1-22-17(11-18(21-22)15-5-3-2-4-6-15)12-23-9-7-16(8-10-23)19-13-24-14-20-19/h2-6,11,13-14,16H,7-10,12H2,1H3. The van der Waals surface area contributed by atoms with Crippen LogP contribution in [-0.2, 0) is 13.6 Å². The third-order valence-corrected chi connectivity index (χ3v) is 5.49. The van der Waals surface area contributed by atoms with Gasteiger partial charge >= 0.3 is 0 Å². The Morgan fingerprint density at radius 1 is 1.17 bits per heavy atom. The summed E-state index contributed by atoms with van der Waals surface area (Å²) in [4.78, 5) is 7.02. The number of aryl methyl sites for hydroxylation is 1. The van der Waals surface area contributed by atoms with Gasteiger partial charge in [-0.1, -0.05) is 30.3 Å². The Morgan fingerprint density at radius 3 is 2.67 bits per heavy atom. The van der Waals surface area contributed by atoms with Crippen LogP contribution < -0.4 is 0 Å². The molecule has 2 aromatic heterocycles. The second-order valence-corrected chi connectivity index (χ2v) is 7.19. The highest BCUT2D eigenvalue weighted by atomic mass is 32.1. The van der Waals surface area contributed by atoms with Gasteiger partial charge in [-0.15, -0.1) is 11.3 Å². The summed E-state index contributed by atoms with van der Waals surface area (Å²) in [5.41, 5.74) is 6.75. The van der Waals surface area contributed by atoms with E-state index >= 15 is 0 Å². The van der Waals surface area contributed by atoms with E-state index in [0.717, 1.165) is 25.3 Å². The maximum atomic E-state index is 4.68. The van der Waals surface area contributed by atoms with Crippen molar-refractivity contribution in [2.24, 2.45) is 7.05 Å². The molecule has 3 aromatic rings. The molecule has 3 heterocycles. The number of likely N-dealkylation sites (tertiary alicyclic amines) is 1. The fourth-order valence-corrected chi connectivity index (χ4v) is 4.08. The van der Waals surface area contributed by atoms with Crippen molar-refractivity contribution in [2.75, 3.05) is 13.1 Å². The van der Waals surface area contributed by atoms with Crippen molar-refractivity contribution in [3.8, 4) is 11.3 Å². The molecule has 0 aliphatic carbocycles. The van der Waals surface area contributed by atoms with Gasteiger partial charge in [0, 0.05) is 30.5 Å². The van der Waals surface area contributed by atoms with Gasteiger partial charge in [-0.2, -0.15) is 5.10 Å². The second kappa shape index (κ2) is 6.87. The van der Waals surface area contributed by atoms with Crippen LogP contribution in [0.25, 0.3) is 11.3 Å². The zero-order valence-electron chi connectivity index (χ0n) is 13.9. The highest BCUT2D eigenvalue weighted by Crippen LogP contribution is 2.28. The first-order chi connectivity index (χ1) is 11.8. The first-order valence-electron chi connectivity index (χ1n) is 8.48. The molecule has 0 saturated carbocycles.